The highest BCUT2D eigenvalue weighted by Gasteiger charge is 2.55. The molecule has 3 aromatic rings. The molecule has 3 aliphatic rings. The maximum atomic E-state index is 13.2. The van der Waals surface area contributed by atoms with E-state index in [0.29, 0.717) is 30.3 Å². The second-order valence-corrected chi connectivity index (χ2v) is 9.02. The van der Waals surface area contributed by atoms with Crippen molar-refractivity contribution >= 4 is 17.5 Å². The van der Waals surface area contributed by atoms with Crippen LogP contribution in [0.5, 0.6) is 5.75 Å². The summed E-state index contributed by atoms with van der Waals surface area (Å²) in [6.07, 6.45) is 1.78. The molecule has 0 bridgehead atoms. The quantitative estimate of drug-likeness (QED) is 0.643. The van der Waals surface area contributed by atoms with Crippen molar-refractivity contribution in [1.82, 2.24) is 15.4 Å². The highest BCUT2D eigenvalue weighted by molar-refractivity contribution is 6.02. The first-order valence-electron chi connectivity index (χ1n) is 11.2. The van der Waals surface area contributed by atoms with Crippen LogP contribution in [0.3, 0.4) is 0 Å². The molecular formula is C25H24N4O4. The predicted molar refractivity (Wildman–Crippen MR) is 121 cm³/mol. The Bertz CT molecular complexity index is 1240. The minimum atomic E-state index is -0.527. The molecule has 1 aromatic heterocycles. The van der Waals surface area contributed by atoms with Gasteiger partial charge < -0.3 is 24.8 Å². The number of anilines is 1. The Hall–Kier alpha value is -3.81. The largest absolute Gasteiger partial charge is 0.497 e. The molecule has 1 spiro atoms. The molecule has 6 rings (SSSR count). The number of hydrogen-bond donors (Lipinski definition) is 2. The van der Waals surface area contributed by atoms with Crippen LogP contribution in [0.4, 0.5) is 5.69 Å². The first-order chi connectivity index (χ1) is 16.1. The number of methoxy groups -OCH3 is 1. The lowest BCUT2D eigenvalue weighted by Gasteiger charge is -2.41. The van der Waals surface area contributed by atoms with Crippen molar-refractivity contribution in [3.05, 3.63) is 65.9 Å². The fourth-order valence-corrected chi connectivity index (χ4v) is 5.56. The van der Waals surface area contributed by atoms with Crippen LogP contribution in [0.2, 0.25) is 0 Å². The van der Waals surface area contributed by atoms with E-state index in [-0.39, 0.29) is 23.5 Å². The van der Waals surface area contributed by atoms with E-state index in [4.69, 9.17) is 9.26 Å². The van der Waals surface area contributed by atoms with Crippen LogP contribution in [-0.4, -0.2) is 47.7 Å². The summed E-state index contributed by atoms with van der Waals surface area (Å²) >= 11 is 0. The number of fused-ring (bicyclic) bond motifs is 3. The van der Waals surface area contributed by atoms with Gasteiger partial charge in [-0.15, -0.1) is 0 Å². The standard InChI is InChI=1S/C25H24N4O4/c1-32-17-8-6-15(7-9-17)21-12-22(33-28-21)24(31)29-13-16-10-11-25(19(16)14-29)26-20-5-3-2-4-18(20)23(30)27-25/h2-9,12,16,19,26H,10-11,13-14H2,1H3,(H,27,30)/t16-,19+,25+/m1/s1. The van der Waals surface area contributed by atoms with E-state index in [2.05, 4.69) is 15.8 Å². The Labute approximate surface area is 190 Å². The third-order valence-corrected chi connectivity index (χ3v) is 7.24. The molecule has 2 aromatic carbocycles. The van der Waals surface area contributed by atoms with E-state index in [0.717, 1.165) is 29.8 Å². The van der Waals surface area contributed by atoms with Crippen molar-refractivity contribution < 1.29 is 18.8 Å². The van der Waals surface area contributed by atoms with Gasteiger partial charge in [0, 0.05) is 36.3 Å². The zero-order valence-corrected chi connectivity index (χ0v) is 18.2. The molecule has 2 N–H and O–H groups in total. The minimum absolute atomic E-state index is 0.0610. The van der Waals surface area contributed by atoms with E-state index in [1.165, 1.54) is 0 Å². The van der Waals surface area contributed by atoms with Gasteiger partial charge in [-0.1, -0.05) is 17.3 Å². The van der Waals surface area contributed by atoms with Gasteiger partial charge in [-0.2, -0.15) is 0 Å². The maximum Gasteiger partial charge on any atom is 0.292 e. The van der Waals surface area contributed by atoms with E-state index >= 15 is 0 Å². The minimum Gasteiger partial charge on any atom is -0.497 e. The van der Waals surface area contributed by atoms with Gasteiger partial charge in [-0.05, 0) is 55.2 Å². The van der Waals surface area contributed by atoms with Gasteiger partial charge in [-0.3, -0.25) is 9.59 Å². The molecule has 8 heteroatoms. The molecule has 2 amide bonds. The number of rotatable bonds is 3. The van der Waals surface area contributed by atoms with Gasteiger partial charge in [0.25, 0.3) is 11.8 Å². The van der Waals surface area contributed by atoms with Crippen molar-refractivity contribution in [2.45, 2.75) is 18.5 Å². The Morgan fingerprint density at radius 2 is 1.97 bits per heavy atom. The van der Waals surface area contributed by atoms with Crippen LogP contribution in [0.1, 0.15) is 33.8 Å². The van der Waals surface area contributed by atoms with Gasteiger partial charge in [0.15, 0.2) is 0 Å². The summed E-state index contributed by atoms with van der Waals surface area (Å²) in [6, 6.07) is 16.7. The fraction of sp³-hybridized carbons (Fsp3) is 0.320. The molecule has 3 atom stereocenters. The van der Waals surface area contributed by atoms with Gasteiger partial charge in [-0.25, -0.2) is 0 Å². The number of benzene rings is 2. The van der Waals surface area contributed by atoms with E-state index < -0.39 is 5.66 Å². The number of carbonyl (C=O) groups excluding carboxylic acids is 2. The third kappa shape index (κ3) is 3.16. The average molecular weight is 444 g/mol. The molecule has 0 unspecified atom stereocenters. The zero-order chi connectivity index (χ0) is 22.6. The van der Waals surface area contributed by atoms with E-state index in [9.17, 15) is 9.59 Å². The summed E-state index contributed by atoms with van der Waals surface area (Å²) in [7, 11) is 1.62. The lowest BCUT2D eigenvalue weighted by molar-refractivity contribution is 0.0728. The van der Waals surface area contributed by atoms with Crippen LogP contribution >= 0.6 is 0 Å². The number of aromatic nitrogens is 1. The van der Waals surface area contributed by atoms with E-state index in [1.54, 1.807) is 13.2 Å². The van der Waals surface area contributed by atoms with Crippen LogP contribution in [0, 0.1) is 11.8 Å². The fourth-order valence-electron chi connectivity index (χ4n) is 5.56. The van der Waals surface area contributed by atoms with Crippen molar-refractivity contribution in [2.75, 3.05) is 25.5 Å². The number of para-hydroxylation sites is 1. The summed E-state index contributed by atoms with van der Waals surface area (Å²) < 4.78 is 10.6. The number of carbonyl (C=O) groups is 2. The first kappa shape index (κ1) is 19.8. The maximum absolute atomic E-state index is 13.2. The van der Waals surface area contributed by atoms with Gasteiger partial charge >= 0.3 is 0 Å². The highest BCUT2D eigenvalue weighted by atomic mass is 16.5. The van der Waals surface area contributed by atoms with Crippen molar-refractivity contribution in [1.29, 1.82) is 0 Å². The third-order valence-electron chi connectivity index (χ3n) is 7.24. The molecule has 1 saturated carbocycles. The summed E-state index contributed by atoms with van der Waals surface area (Å²) in [6.45, 7) is 1.19. The molecule has 2 fully saturated rings. The SMILES string of the molecule is COc1ccc(-c2cc(C(=O)N3C[C@H]4CC[C@]5(NC(=O)c6ccccc6N5)[C@H]4C3)on2)cc1. The molecule has 33 heavy (non-hydrogen) atoms. The average Bonchev–Trinajstić information content (AvgIpc) is 3.56. The molecule has 168 valence electrons. The van der Waals surface area contributed by atoms with Crippen molar-refractivity contribution in [2.24, 2.45) is 11.8 Å². The normalized spacial score (nSPS) is 25.4. The summed E-state index contributed by atoms with van der Waals surface area (Å²) in [4.78, 5) is 27.8. The van der Waals surface area contributed by atoms with Crippen LogP contribution < -0.4 is 15.4 Å². The summed E-state index contributed by atoms with van der Waals surface area (Å²) in [5.74, 6) is 1.19. The van der Waals surface area contributed by atoms with Crippen LogP contribution in [0.25, 0.3) is 11.3 Å². The second kappa shape index (κ2) is 7.37. The lowest BCUT2D eigenvalue weighted by Crippen LogP contribution is -2.61. The van der Waals surface area contributed by atoms with Crippen LogP contribution in [0.15, 0.2) is 59.1 Å². The predicted octanol–water partition coefficient (Wildman–Crippen LogP) is 3.38. The second-order valence-electron chi connectivity index (χ2n) is 9.02. The lowest BCUT2D eigenvalue weighted by atomic mass is 9.89. The molecule has 1 aliphatic carbocycles. The Morgan fingerprint density at radius 3 is 2.79 bits per heavy atom. The van der Waals surface area contributed by atoms with Gasteiger partial charge in [0.1, 0.15) is 17.1 Å². The van der Waals surface area contributed by atoms with Crippen molar-refractivity contribution in [3.8, 4) is 17.0 Å². The Morgan fingerprint density at radius 1 is 1.15 bits per heavy atom. The number of ether oxygens (including phenoxy) is 1. The molecule has 2 aliphatic heterocycles. The van der Waals surface area contributed by atoms with E-state index in [1.807, 2.05) is 53.4 Å². The Kier molecular flexibility index (Phi) is 4.43. The number of hydrogen-bond acceptors (Lipinski definition) is 6. The number of nitrogens with one attached hydrogen (secondary N) is 2. The van der Waals surface area contributed by atoms with Crippen molar-refractivity contribution in [3.63, 3.8) is 0 Å². The monoisotopic (exact) mass is 444 g/mol. The number of nitrogens with zero attached hydrogens (tertiary/aromatic N) is 2. The van der Waals surface area contributed by atoms with Gasteiger partial charge in [0.05, 0.1) is 12.7 Å². The molecule has 1 saturated heterocycles. The summed E-state index contributed by atoms with van der Waals surface area (Å²) in [5, 5.41) is 10.9. The highest BCUT2D eigenvalue weighted by Crippen LogP contribution is 2.47. The summed E-state index contributed by atoms with van der Waals surface area (Å²) in [5.41, 5.74) is 2.44. The smallest absolute Gasteiger partial charge is 0.292 e. The van der Waals surface area contributed by atoms with Crippen LogP contribution in [-0.2, 0) is 0 Å². The molecular weight excluding hydrogens is 420 g/mol. The number of amides is 2. The molecule has 8 nitrogen and oxygen atoms in total. The first-order valence-corrected chi connectivity index (χ1v) is 11.2. The number of likely N-dealkylation sites (tertiary alicyclic amines) is 1. The topological polar surface area (TPSA) is 96.7 Å². The molecule has 3 heterocycles. The van der Waals surface area contributed by atoms with Gasteiger partial charge in [0.2, 0.25) is 5.76 Å². The Balaban J connectivity index is 1.20. The molecule has 0 radical (unpaired) electrons. The zero-order valence-electron chi connectivity index (χ0n) is 18.2.